The summed E-state index contributed by atoms with van der Waals surface area (Å²) in [7, 11) is 0. The smallest absolute Gasteiger partial charge is 0.162 e. The Morgan fingerprint density at radius 1 is 1.60 bits per heavy atom. The van der Waals surface area contributed by atoms with E-state index in [1.807, 2.05) is 13.0 Å². The number of carbonyl (C=O) groups excluding carboxylic acids is 1. The van der Waals surface area contributed by atoms with Crippen LogP contribution >= 0.6 is 0 Å². The minimum atomic E-state index is -0.889. The van der Waals surface area contributed by atoms with Crippen molar-refractivity contribution < 1.29 is 9.90 Å². The highest BCUT2D eigenvalue weighted by molar-refractivity contribution is 5.83. The molecule has 10 heavy (non-hydrogen) atoms. The maximum atomic E-state index is 10.6. The summed E-state index contributed by atoms with van der Waals surface area (Å²) in [6.45, 7) is 5.11. The molecule has 1 atom stereocenters. The summed E-state index contributed by atoms with van der Waals surface area (Å²) < 4.78 is 0. The molecular formula is C8H14O2. The normalized spacial score (nSPS) is 15.0. The summed E-state index contributed by atoms with van der Waals surface area (Å²) in [6.07, 6.45) is 1.82. The fourth-order valence-electron chi connectivity index (χ4n) is 0.754. The van der Waals surface area contributed by atoms with Gasteiger partial charge in [0.05, 0.1) is 0 Å². The van der Waals surface area contributed by atoms with Crippen LogP contribution in [0.25, 0.3) is 0 Å². The quantitative estimate of drug-likeness (QED) is 0.603. The van der Waals surface area contributed by atoms with Crippen molar-refractivity contribution in [3.63, 3.8) is 0 Å². The van der Waals surface area contributed by atoms with Gasteiger partial charge >= 0.3 is 0 Å². The molecule has 0 unspecified atom stereocenters. The van der Waals surface area contributed by atoms with Gasteiger partial charge in [0, 0.05) is 0 Å². The lowest BCUT2D eigenvalue weighted by molar-refractivity contribution is -0.123. The third-order valence-electron chi connectivity index (χ3n) is 1.34. The molecule has 2 heteroatoms. The van der Waals surface area contributed by atoms with E-state index >= 15 is 0 Å². The van der Waals surface area contributed by atoms with E-state index in [0.717, 1.165) is 12.0 Å². The van der Waals surface area contributed by atoms with Crippen molar-refractivity contribution in [2.45, 2.75) is 33.3 Å². The predicted octanol–water partition coefficient (Wildman–Crippen LogP) is 1.29. The summed E-state index contributed by atoms with van der Waals surface area (Å²) in [5.41, 5.74) is 0.745. The number of hydrogen-bond donors (Lipinski definition) is 1. The van der Waals surface area contributed by atoms with Crippen molar-refractivity contribution >= 4 is 5.78 Å². The van der Waals surface area contributed by atoms with Crippen molar-refractivity contribution in [3.05, 3.63) is 11.6 Å². The SMILES string of the molecule is CC/C=C(\C)[C@@H](O)C(C)=O. The van der Waals surface area contributed by atoms with Crippen molar-refractivity contribution in [1.29, 1.82) is 0 Å². The molecule has 0 aromatic rings. The molecule has 0 aromatic carbocycles. The Morgan fingerprint density at radius 2 is 2.10 bits per heavy atom. The van der Waals surface area contributed by atoms with Crippen LogP contribution in [0, 0.1) is 0 Å². The summed E-state index contributed by atoms with van der Waals surface area (Å²) in [4.78, 5) is 10.6. The zero-order valence-corrected chi connectivity index (χ0v) is 6.72. The summed E-state index contributed by atoms with van der Waals surface area (Å²) in [6, 6.07) is 0. The number of rotatable bonds is 3. The molecule has 0 radical (unpaired) electrons. The zero-order chi connectivity index (χ0) is 8.15. The maximum Gasteiger partial charge on any atom is 0.162 e. The van der Waals surface area contributed by atoms with Gasteiger partial charge in [-0.2, -0.15) is 0 Å². The largest absolute Gasteiger partial charge is 0.381 e. The Bertz CT molecular complexity index is 147. The highest BCUT2D eigenvalue weighted by Crippen LogP contribution is 2.02. The first-order chi connectivity index (χ1) is 4.59. The van der Waals surface area contributed by atoms with E-state index in [1.54, 1.807) is 6.92 Å². The molecule has 1 N–H and O–H groups in total. The predicted molar refractivity (Wildman–Crippen MR) is 40.7 cm³/mol. The number of hydrogen-bond acceptors (Lipinski definition) is 2. The van der Waals surface area contributed by atoms with Gasteiger partial charge in [0.15, 0.2) is 5.78 Å². The molecule has 0 saturated carbocycles. The molecule has 0 aromatic heterocycles. The minimum absolute atomic E-state index is 0.192. The van der Waals surface area contributed by atoms with Crippen LogP contribution in [-0.2, 0) is 4.79 Å². The molecule has 0 heterocycles. The van der Waals surface area contributed by atoms with E-state index in [4.69, 9.17) is 5.11 Å². The lowest BCUT2D eigenvalue weighted by Gasteiger charge is -2.05. The maximum absolute atomic E-state index is 10.6. The van der Waals surface area contributed by atoms with E-state index in [1.165, 1.54) is 6.92 Å². The number of aliphatic hydroxyl groups excluding tert-OH is 1. The monoisotopic (exact) mass is 142 g/mol. The number of carbonyl (C=O) groups is 1. The van der Waals surface area contributed by atoms with Gasteiger partial charge in [-0.25, -0.2) is 0 Å². The lowest BCUT2D eigenvalue weighted by atomic mass is 10.1. The van der Waals surface area contributed by atoms with Crippen molar-refractivity contribution in [1.82, 2.24) is 0 Å². The highest BCUT2D eigenvalue weighted by atomic mass is 16.3. The lowest BCUT2D eigenvalue weighted by Crippen LogP contribution is -2.17. The molecule has 2 nitrogen and oxygen atoms in total. The first kappa shape index (κ1) is 9.37. The Hall–Kier alpha value is -0.630. The van der Waals surface area contributed by atoms with E-state index in [-0.39, 0.29) is 5.78 Å². The molecule has 0 fully saturated rings. The van der Waals surface area contributed by atoms with E-state index in [2.05, 4.69) is 0 Å². The van der Waals surface area contributed by atoms with Crippen LogP contribution in [0.1, 0.15) is 27.2 Å². The number of Topliss-reactive ketones (excluding diaryl/α,β-unsaturated/α-hetero) is 1. The van der Waals surface area contributed by atoms with E-state index < -0.39 is 6.10 Å². The van der Waals surface area contributed by atoms with Gasteiger partial charge in [-0.15, -0.1) is 0 Å². The molecule has 0 bridgehead atoms. The summed E-state index contributed by atoms with van der Waals surface area (Å²) in [5, 5.41) is 9.11. The molecule has 0 saturated heterocycles. The van der Waals surface area contributed by atoms with Crippen LogP contribution in [0.5, 0.6) is 0 Å². The Kier molecular flexibility index (Phi) is 3.96. The van der Waals surface area contributed by atoms with Gasteiger partial charge in [-0.1, -0.05) is 13.0 Å². The van der Waals surface area contributed by atoms with Crippen LogP contribution in [0.15, 0.2) is 11.6 Å². The van der Waals surface area contributed by atoms with Gasteiger partial charge in [0.2, 0.25) is 0 Å². The molecule has 0 rings (SSSR count). The third kappa shape index (κ3) is 2.78. The zero-order valence-electron chi connectivity index (χ0n) is 6.72. The molecular weight excluding hydrogens is 128 g/mol. The Labute approximate surface area is 61.6 Å². The second kappa shape index (κ2) is 4.23. The average molecular weight is 142 g/mol. The second-order valence-corrected chi connectivity index (χ2v) is 2.37. The molecule has 0 spiro atoms. The van der Waals surface area contributed by atoms with Crippen LogP contribution in [-0.4, -0.2) is 17.0 Å². The summed E-state index contributed by atoms with van der Waals surface area (Å²) >= 11 is 0. The van der Waals surface area contributed by atoms with Gasteiger partial charge in [0.25, 0.3) is 0 Å². The average Bonchev–Trinajstić information content (AvgIpc) is 1.87. The highest BCUT2D eigenvalue weighted by Gasteiger charge is 2.09. The number of ketones is 1. The summed E-state index contributed by atoms with van der Waals surface area (Å²) in [5.74, 6) is -0.192. The van der Waals surface area contributed by atoms with Gasteiger partial charge in [-0.05, 0) is 25.8 Å². The van der Waals surface area contributed by atoms with E-state index in [0.29, 0.717) is 0 Å². The molecule has 0 aliphatic rings. The standard InChI is InChI=1S/C8H14O2/c1-4-5-6(2)8(10)7(3)9/h5,8,10H,4H2,1-3H3/b6-5+/t8-/m1/s1. The van der Waals surface area contributed by atoms with Crippen LogP contribution in [0.4, 0.5) is 0 Å². The van der Waals surface area contributed by atoms with E-state index in [9.17, 15) is 4.79 Å². The molecule has 0 amide bonds. The van der Waals surface area contributed by atoms with Crippen LogP contribution in [0.3, 0.4) is 0 Å². The molecule has 58 valence electrons. The van der Waals surface area contributed by atoms with Crippen LogP contribution < -0.4 is 0 Å². The molecule has 0 aliphatic heterocycles. The van der Waals surface area contributed by atoms with Crippen molar-refractivity contribution in [2.24, 2.45) is 0 Å². The van der Waals surface area contributed by atoms with Gasteiger partial charge in [-0.3, -0.25) is 4.79 Å². The van der Waals surface area contributed by atoms with Gasteiger partial charge in [0.1, 0.15) is 6.10 Å². The second-order valence-electron chi connectivity index (χ2n) is 2.37. The third-order valence-corrected chi connectivity index (χ3v) is 1.34. The van der Waals surface area contributed by atoms with Gasteiger partial charge < -0.3 is 5.11 Å². The molecule has 0 aliphatic carbocycles. The number of allylic oxidation sites excluding steroid dienone is 1. The fraction of sp³-hybridized carbons (Fsp3) is 0.625. The first-order valence-corrected chi connectivity index (χ1v) is 3.44. The van der Waals surface area contributed by atoms with Crippen molar-refractivity contribution in [3.8, 4) is 0 Å². The topological polar surface area (TPSA) is 37.3 Å². The number of aliphatic hydroxyl groups is 1. The minimum Gasteiger partial charge on any atom is -0.381 e. The van der Waals surface area contributed by atoms with Crippen molar-refractivity contribution in [2.75, 3.05) is 0 Å². The Morgan fingerprint density at radius 3 is 2.40 bits per heavy atom. The Balaban J connectivity index is 4.06. The fourth-order valence-corrected chi connectivity index (χ4v) is 0.754. The van der Waals surface area contributed by atoms with Crippen LogP contribution in [0.2, 0.25) is 0 Å². The first-order valence-electron chi connectivity index (χ1n) is 3.44.